The molecule has 114 valence electrons. The van der Waals surface area contributed by atoms with Gasteiger partial charge in [0.2, 0.25) is 0 Å². The van der Waals surface area contributed by atoms with Crippen molar-refractivity contribution in [2.45, 2.75) is 30.7 Å². The summed E-state index contributed by atoms with van der Waals surface area (Å²) in [5.74, 6) is -0.392. The van der Waals surface area contributed by atoms with E-state index in [-0.39, 0.29) is 118 Å². The minimum absolute atomic E-state index is 0. The molecular formula is C11H15NNa4O6P2. The fourth-order valence-electron chi connectivity index (χ4n) is 1.88. The normalized spacial score (nSPS) is 13.5. The Hall–Kier alpha value is 3.48. The summed E-state index contributed by atoms with van der Waals surface area (Å²) in [6.07, 6.45) is -0.704. The van der Waals surface area contributed by atoms with E-state index in [0.29, 0.717) is 0 Å². The molecule has 0 amide bonds. The molecule has 7 nitrogen and oxygen atoms in total. The number of nitrogens with two attached hydrogens (primary N) is 1. The predicted molar refractivity (Wildman–Crippen MR) is 66.5 cm³/mol. The van der Waals surface area contributed by atoms with E-state index in [1.807, 2.05) is 0 Å². The molecule has 0 radical (unpaired) electrons. The summed E-state index contributed by atoms with van der Waals surface area (Å²) < 4.78 is 21.8. The summed E-state index contributed by atoms with van der Waals surface area (Å²) in [6, 6.07) is 7.80. The van der Waals surface area contributed by atoms with Crippen LogP contribution in [0, 0.1) is 0 Å². The molecule has 0 saturated carbocycles. The van der Waals surface area contributed by atoms with Crippen LogP contribution in [0.3, 0.4) is 0 Å². The van der Waals surface area contributed by atoms with Crippen LogP contribution in [0.25, 0.3) is 0 Å². The van der Waals surface area contributed by atoms with E-state index in [9.17, 15) is 28.7 Å². The van der Waals surface area contributed by atoms with Crippen LogP contribution in [0.1, 0.15) is 24.8 Å². The second kappa shape index (κ2) is 15.3. The van der Waals surface area contributed by atoms with E-state index in [0.717, 1.165) is 5.56 Å². The van der Waals surface area contributed by atoms with E-state index in [2.05, 4.69) is 0 Å². The Balaban J connectivity index is -0.000000500. The molecule has 1 aromatic carbocycles. The molecule has 13 heteroatoms. The number of rotatable bonds is 6. The summed E-state index contributed by atoms with van der Waals surface area (Å²) in [4.78, 5) is 43.7. The number of hydrogen-bond donors (Lipinski definition) is 1. The van der Waals surface area contributed by atoms with Crippen LogP contribution in [0.5, 0.6) is 0 Å². The first kappa shape index (κ1) is 35.0. The molecule has 0 aliphatic carbocycles. The third-order valence-corrected chi connectivity index (χ3v) is 6.76. The zero-order valence-corrected chi connectivity index (χ0v) is 24.5. The van der Waals surface area contributed by atoms with Crippen LogP contribution >= 0.6 is 15.2 Å². The Bertz CT molecular complexity index is 519. The molecule has 0 spiro atoms. The van der Waals surface area contributed by atoms with Crippen LogP contribution in [-0.4, -0.2) is 11.4 Å². The molecule has 1 rings (SSSR count). The molecular weight excluding hydrogens is 396 g/mol. The Morgan fingerprint density at radius 3 is 1.62 bits per heavy atom. The second-order valence-electron chi connectivity index (χ2n) is 4.66. The SMILES string of the molecule is CC(c1ccccc1)C(N)CC(P(=O)([O-])[O-])P(=O)([O-])[O-].[Na+].[Na+].[Na+].[Na+]. The first-order valence-electron chi connectivity index (χ1n) is 5.87. The minimum Gasteiger partial charge on any atom is -0.810 e. The van der Waals surface area contributed by atoms with Crippen molar-refractivity contribution in [1.82, 2.24) is 0 Å². The van der Waals surface area contributed by atoms with E-state index >= 15 is 0 Å². The van der Waals surface area contributed by atoms with Gasteiger partial charge >= 0.3 is 118 Å². The quantitative estimate of drug-likeness (QED) is 0.360. The van der Waals surface area contributed by atoms with Gasteiger partial charge in [-0.2, -0.15) is 0 Å². The largest absolute Gasteiger partial charge is 1.00 e. The average molecular weight is 411 g/mol. The molecule has 0 aromatic heterocycles. The summed E-state index contributed by atoms with van der Waals surface area (Å²) in [5.41, 5.74) is 6.51. The fraction of sp³-hybridized carbons (Fsp3) is 0.455. The number of hydrogen-bond acceptors (Lipinski definition) is 7. The van der Waals surface area contributed by atoms with Crippen LogP contribution < -0.4 is 144 Å². The van der Waals surface area contributed by atoms with Crippen LogP contribution in [0.2, 0.25) is 0 Å². The summed E-state index contributed by atoms with van der Waals surface area (Å²) in [7, 11) is -11.1. The summed E-state index contributed by atoms with van der Waals surface area (Å²) in [5, 5.41) is -2.50. The van der Waals surface area contributed by atoms with Crippen molar-refractivity contribution in [2.75, 3.05) is 0 Å². The number of benzene rings is 1. The smallest absolute Gasteiger partial charge is 0.810 e. The van der Waals surface area contributed by atoms with E-state index < -0.39 is 39.0 Å². The average Bonchev–Trinajstić information content (AvgIpc) is 2.33. The molecule has 2 unspecified atom stereocenters. The van der Waals surface area contributed by atoms with Crippen LogP contribution in [-0.2, 0) is 9.13 Å². The standard InChI is InChI=1S/C11H19NO6P2.4Na/c1-8(9-5-3-2-4-6-9)10(12)7-11(19(13,14)15)20(16,17)18;;;;/h2-6,8,10-11H,7,12H2,1H3,(H2,13,14,15)(H2,16,17,18);;;;/q;4*+1/p-4. The van der Waals surface area contributed by atoms with Crippen molar-refractivity contribution in [1.29, 1.82) is 0 Å². The maximum absolute atomic E-state index is 10.9. The van der Waals surface area contributed by atoms with Gasteiger partial charge in [0.25, 0.3) is 0 Å². The maximum Gasteiger partial charge on any atom is 1.00 e. The van der Waals surface area contributed by atoms with Gasteiger partial charge in [-0.15, -0.1) is 0 Å². The zero-order chi connectivity index (χ0) is 15.6. The van der Waals surface area contributed by atoms with Gasteiger partial charge in [-0.25, -0.2) is 0 Å². The molecule has 1 aromatic rings. The van der Waals surface area contributed by atoms with Crippen molar-refractivity contribution >= 4 is 15.2 Å². The fourth-order valence-corrected chi connectivity index (χ4v) is 4.27. The first-order chi connectivity index (χ1) is 9.03. The van der Waals surface area contributed by atoms with Crippen molar-refractivity contribution in [3.05, 3.63) is 35.9 Å². The predicted octanol–water partition coefficient (Wildman–Crippen LogP) is -13.3. The molecule has 2 atom stereocenters. The second-order valence-corrected chi connectivity index (χ2v) is 8.47. The summed E-state index contributed by atoms with van der Waals surface area (Å²) in [6.45, 7) is 1.66. The third-order valence-electron chi connectivity index (χ3n) is 3.18. The maximum atomic E-state index is 10.9. The molecule has 0 aliphatic rings. The molecule has 0 aliphatic heterocycles. The van der Waals surface area contributed by atoms with Gasteiger partial charge in [0.1, 0.15) is 0 Å². The molecule has 0 saturated heterocycles. The molecule has 24 heavy (non-hydrogen) atoms. The topological polar surface area (TPSA) is 152 Å². The molecule has 0 bridgehead atoms. The van der Waals surface area contributed by atoms with E-state index in [1.54, 1.807) is 37.3 Å². The Labute approximate surface area is 230 Å². The van der Waals surface area contributed by atoms with E-state index in [1.165, 1.54) is 0 Å². The van der Waals surface area contributed by atoms with Gasteiger partial charge in [0.05, 0.1) is 0 Å². The first-order valence-corrected chi connectivity index (χ1v) is 9.10. The van der Waals surface area contributed by atoms with Crippen molar-refractivity contribution in [2.24, 2.45) is 5.73 Å². The third kappa shape index (κ3) is 12.1. The van der Waals surface area contributed by atoms with Crippen LogP contribution in [0.15, 0.2) is 30.3 Å². The Kier molecular flexibility index (Phi) is 22.3. The zero-order valence-electron chi connectivity index (χ0n) is 14.7. The van der Waals surface area contributed by atoms with E-state index in [4.69, 9.17) is 5.73 Å². The summed E-state index contributed by atoms with van der Waals surface area (Å²) >= 11 is 0. The van der Waals surface area contributed by atoms with Crippen LogP contribution in [0.4, 0.5) is 0 Å². The van der Waals surface area contributed by atoms with Gasteiger partial charge in [0, 0.05) is 11.4 Å². The molecule has 2 N–H and O–H groups in total. The van der Waals surface area contributed by atoms with Gasteiger partial charge in [-0.3, -0.25) is 0 Å². The minimum atomic E-state index is -5.55. The van der Waals surface area contributed by atoms with Crippen molar-refractivity contribution < 1.29 is 147 Å². The van der Waals surface area contributed by atoms with Crippen molar-refractivity contribution in [3.63, 3.8) is 0 Å². The molecule has 0 heterocycles. The van der Waals surface area contributed by atoms with Crippen molar-refractivity contribution in [3.8, 4) is 0 Å². The molecule has 0 fully saturated rings. The van der Waals surface area contributed by atoms with Gasteiger partial charge in [-0.05, 0) is 17.9 Å². The van der Waals surface area contributed by atoms with Gasteiger partial charge < -0.3 is 34.4 Å². The Morgan fingerprint density at radius 2 is 1.29 bits per heavy atom. The monoisotopic (exact) mass is 411 g/mol. The van der Waals surface area contributed by atoms with Gasteiger partial charge in [-0.1, -0.05) is 52.4 Å². The van der Waals surface area contributed by atoms with Gasteiger partial charge in [0.15, 0.2) is 0 Å². The Morgan fingerprint density at radius 1 is 0.917 bits per heavy atom.